The maximum absolute atomic E-state index is 11.5. The van der Waals surface area contributed by atoms with E-state index in [0.29, 0.717) is 25.2 Å². The molecule has 1 rings (SSSR count). The highest BCUT2D eigenvalue weighted by molar-refractivity contribution is 5.94. The molecule has 0 radical (unpaired) electrons. The predicted molar refractivity (Wildman–Crippen MR) is 68.8 cm³/mol. The van der Waals surface area contributed by atoms with Crippen molar-refractivity contribution in [3.63, 3.8) is 0 Å². The van der Waals surface area contributed by atoms with Crippen LogP contribution in [0.5, 0.6) is 0 Å². The third kappa shape index (κ3) is 7.46. The molecule has 5 heteroatoms. The Bertz CT molecular complexity index is 291. The number of rotatable bonds is 6. The van der Waals surface area contributed by atoms with Crippen molar-refractivity contribution in [2.24, 2.45) is 5.73 Å². The molecule has 0 saturated heterocycles. The number of carbonyl (C=O) groups excluding carboxylic acids is 1. The van der Waals surface area contributed by atoms with Crippen LogP contribution < -0.4 is 16.4 Å². The molecule has 0 aliphatic rings. The Morgan fingerprint density at radius 1 is 1.18 bits per heavy atom. The van der Waals surface area contributed by atoms with Crippen LogP contribution in [0.15, 0.2) is 30.3 Å². The molecule has 96 valence electrons. The second-order valence-corrected chi connectivity index (χ2v) is 3.10. The smallest absolute Gasteiger partial charge is 0.251 e. The molecular weight excluding hydrogens is 218 g/mol. The van der Waals surface area contributed by atoms with Crippen molar-refractivity contribution in [3.8, 4) is 0 Å². The molecule has 0 saturated carbocycles. The maximum atomic E-state index is 11.5. The standard InChI is InChI=1S/C11H16N2O2.CH5N/c14-9-8-12-6-7-13-11(15)10-4-2-1-3-5-10;1-2/h1-5,12,14H,6-9H2,(H,13,15);2H2,1H3. The Morgan fingerprint density at radius 2 is 1.82 bits per heavy atom. The summed E-state index contributed by atoms with van der Waals surface area (Å²) in [6.07, 6.45) is 0. The fourth-order valence-corrected chi connectivity index (χ4v) is 1.16. The lowest BCUT2D eigenvalue weighted by Crippen LogP contribution is -2.32. The van der Waals surface area contributed by atoms with E-state index in [4.69, 9.17) is 5.11 Å². The second-order valence-electron chi connectivity index (χ2n) is 3.10. The number of aliphatic hydroxyl groups is 1. The Labute approximate surface area is 102 Å². The van der Waals surface area contributed by atoms with E-state index in [1.165, 1.54) is 7.05 Å². The molecule has 1 aromatic carbocycles. The highest BCUT2D eigenvalue weighted by atomic mass is 16.3. The number of hydrogen-bond acceptors (Lipinski definition) is 4. The van der Waals surface area contributed by atoms with Crippen molar-refractivity contribution < 1.29 is 9.90 Å². The first-order chi connectivity index (χ1) is 8.34. The van der Waals surface area contributed by atoms with Gasteiger partial charge in [-0.1, -0.05) is 18.2 Å². The van der Waals surface area contributed by atoms with E-state index < -0.39 is 0 Å². The van der Waals surface area contributed by atoms with Gasteiger partial charge in [-0.3, -0.25) is 4.79 Å². The highest BCUT2D eigenvalue weighted by Crippen LogP contribution is 1.96. The van der Waals surface area contributed by atoms with Gasteiger partial charge in [0.15, 0.2) is 0 Å². The first kappa shape index (κ1) is 15.6. The van der Waals surface area contributed by atoms with Gasteiger partial charge in [-0.25, -0.2) is 0 Å². The zero-order valence-electron chi connectivity index (χ0n) is 10.1. The number of carbonyl (C=O) groups is 1. The van der Waals surface area contributed by atoms with Gasteiger partial charge < -0.3 is 21.5 Å². The molecule has 0 spiro atoms. The fraction of sp³-hybridized carbons (Fsp3) is 0.417. The van der Waals surface area contributed by atoms with Crippen LogP contribution in [0.25, 0.3) is 0 Å². The van der Waals surface area contributed by atoms with E-state index in [1.54, 1.807) is 12.1 Å². The van der Waals surface area contributed by atoms with E-state index in [2.05, 4.69) is 16.4 Å². The van der Waals surface area contributed by atoms with Crippen LogP contribution in [0, 0.1) is 0 Å². The van der Waals surface area contributed by atoms with Crippen molar-refractivity contribution in [2.75, 3.05) is 33.3 Å². The first-order valence-electron chi connectivity index (χ1n) is 5.57. The molecule has 1 amide bonds. The SMILES string of the molecule is CN.O=C(NCCNCCO)c1ccccc1. The molecule has 17 heavy (non-hydrogen) atoms. The summed E-state index contributed by atoms with van der Waals surface area (Å²) in [5.74, 6) is -0.0681. The average Bonchev–Trinajstić information content (AvgIpc) is 2.41. The number of nitrogens with one attached hydrogen (secondary N) is 2. The summed E-state index contributed by atoms with van der Waals surface area (Å²) < 4.78 is 0. The molecule has 1 aromatic rings. The lowest BCUT2D eigenvalue weighted by molar-refractivity contribution is 0.0954. The molecule has 5 N–H and O–H groups in total. The minimum Gasteiger partial charge on any atom is -0.395 e. The van der Waals surface area contributed by atoms with Crippen molar-refractivity contribution >= 4 is 5.91 Å². The zero-order chi connectivity index (χ0) is 12.9. The van der Waals surface area contributed by atoms with E-state index >= 15 is 0 Å². The van der Waals surface area contributed by atoms with Crippen molar-refractivity contribution in [1.29, 1.82) is 0 Å². The molecule has 0 heterocycles. The van der Waals surface area contributed by atoms with Crippen molar-refractivity contribution in [2.45, 2.75) is 0 Å². The Balaban J connectivity index is 0.00000121. The Kier molecular flexibility index (Phi) is 10.1. The monoisotopic (exact) mass is 239 g/mol. The summed E-state index contributed by atoms with van der Waals surface area (Å²) in [5.41, 5.74) is 5.17. The summed E-state index contributed by atoms with van der Waals surface area (Å²) in [6, 6.07) is 9.09. The molecule has 0 aromatic heterocycles. The fourth-order valence-electron chi connectivity index (χ4n) is 1.16. The molecule has 0 fully saturated rings. The van der Waals surface area contributed by atoms with Crippen LogP contribution in [0.1, 0.15) is 10.4 Å². The first-order valence-corrected chi connectivity index (χ1v) is 5.57. The van der Waals surface area contributed by atoms with E-state index in [0.717, 1.165) is 0 Å². The Hall–Kier alpha value is -1.43. The molecule has 0 aliphatic heterocycles. The molecule has 5 nitrogen and oxygen atoms in total. The summed E-state index contributed by atoms with van der Waals surface area (Å²) >= 11 is 0. The minimum absolute atomic E-state index is 0.0681. The van der Waals surface area contributed by atoms with Gasteiger partial charge >= 0.3 is 0 Å². The minimum atomic E-state index is -0.0681. The van der Waals surface area contributed by atoms with Crippen molar-refractivity contribution in [3.05, 3.63) is 35.9 Å². The van der Waals surface area contributed by atoms with Crippen LogP contribution in [0.3, 0.4) is 0 Å². The quantitative estimate of drug-likeness (QED) is 0.507. The van der Waals surface area contributed by atoms with Gasteiger partial charge in [-0.05, 0) is 19.2 Å². The molecule has 0 atom stereocenters. The van der Waals surface area contributed by atoms with Gasteiger partial charge in [0.05, 0.1) is 6.61 Å². The summed E-state index contributed by atoms with van der Waals surface area (Å²) in [6.45, 7) is 1.90. The van der Waals surface area contributed by atoms with E-state index in [-0.39, 0.29) is 12.5 Å². The van der Waals surface area contributed by atoms with Gasteiger partial charge in [-0.2, -0.15) is 0 Å². The van der Waals surface area contributed by atoms with Gasteiger partial charge in [0.2, 0.25) is 0 Å². The lowest BCUT2D eigenvalue weighted by Gasteiger charge is -2.05. The molecule has 0 bridgehead atoms. The van der Waals surface area contributed by atoms with Crippen molar-refractivity contribution in [1.82, 2.24) is 10.6 Å². The van der Waals surface area contributed by atoms with Crippen LogP contribution in [-0.4, -0.2) is 44.3 Å². The largest absolute Gasteiger partial charge is 0.395 e. The average molecular weight is 239 g/mol. The number of benzene rings is 1. The van der Waals surface area contributed by atoms with Gasteiger partial charge in [0, 0.05) is 25.2 Å². The molecule has 0 aliphatic carbocycles. The van der Waals surface area contributed by atoms with Crippen LogP contribution >= 0.6 is 0 Å². The van der Waals surface area contributed by atoms with Crippen LogP contribution in [0.4, 0.5) is 0 Å². The van der Waals surface area contributed by atoms with Gasteiger partial charge in [-0.15, -0.1) is 0 Å². The highest BCUT2D eigenvalue weighted by Gasteiger charge is 2.01. The molecular formula is C12H21N3O2. The molecule has 0 unspecified atom stereocenters. The predicted octanol–water partition coefficient (Wildman–Crippen LogP) is -0.427. The summed E-state index contributed by atoms with van der Waals surface area (Å²) in [5, 5.41) is 14.3. The van der Waals surface area contributed by atoms with Gasteiger partial charge in [0.25, 0.3) is 5.91 Å². The van der Waals surface area contributed by atoms with Gasteiger partial charge in [0.1, 0.15) is 0 Å². The van der Waals surface area contributed by atoms with E-state index in [1.807, 2.05) is 18.2 Å². The van der Waals surface area contributed by atoms with Crippen LogP contribution in [0.2, 0.25) is 0 Å². The number of amides is 1. The number of nitrogens with two attached hydrogens (primary N) is 1. The second kappa shape index (κ2) is 11.1. The third-order valence-electron chi connectivity index (χ3n) is 1.91. The number of aliphatic hydroxyl groups excluding tert-OH is 1. The van der Waals surface area contributed by atoms with E-state index in [9.17, 15) is 4.79 Å². The third-order valence-corrected chi connectivity index (χ3v) is 1.91. The Morgan fingerprint density at radius 3 is 2.41 bits per heavy atom. The maximum Gasteiger partial charge on any atom is 0.251 e. The normalized spacial score (nSPS) is 9.12. The topological polar surface area (TPSA) is 87.4 Å². The summed E-state index contributed by atoms with van der Waals surface area (Å²) in [7, 11) is 1.50. The lowest BCUT2D eigenvalue weighted by atomic mass is 10.2. The zero-order valence-corrected chi connectivity index (χ0v) is 10.1. The summed E-state index contributed by atoms with van der Waals surface area (Å²) in [4.78, 5) is 11.5. The number of hydrogen-bond donors (Lipinski definition) is 4. The van der Waals surface area contributed by atoms with Crippen LogP contribution in [-0.2, 0) is 0 Å².